The summed E-state index contributed by atoms with van der Waals surface area (Å²) in [5, 5.41) is 18.6. The molecule has 0 amide bonds. The number of rotatable bonds is 4. The van der Waals surface area contributed by atoms with Crippen LogP contribution in [-0.4, -0.2) is 24.5 Å². The van der Waals surface area contributed by atoms with E-state index in [0.29, 0.717) is 0 Å². The Morgan fingerprint density at radius 2 is 2.24 bits per heavy atom. The van der Waals surface area contributed by atoms with Gasteiger partial charge in [-0.25, -0.2) is 0 Å². The second kappa shape index (κ2) is 4.93. The molecule has 2 rings (SSSR count). The minimum absolute atomic E-state index is 0.261. The first-order valence-corrected chi connectivity index (χ1v) is 6.44. The van der Waals surface area contributed by atoms with E-state index in [0.717, 1.165) is 22.8 Å². The highest BCUT2D eigenvalue weighted by Gasteiger charge is 2.22. The van der Waals surface area contributed by atoms with Crippen molar-refractivity contribution in [1.82, 2.24) is 19.4 Å². The van der Waals surface area contributed by atoms with Crippen LogP contribution >= 0.6 is 11.5 Å². The standard InChI is InChI=1S/C11H16N4OS/c1-4-15-8(5-6-12-15)10(16)11-9(7(2)3)13-14-17-11/h5-7,10,16H,4H2,1-3H3. The number of aromatic nitrogens is 4. The van der Waals surface area contributed by atoms with Gasteiger partial charge in [0, 0.05) is 12.7 Å². The Hall–Kier alpha value is -1.27. The molecule has 2 aromatic heterocycles. The van der Waals surface area contributed by atoms with Gasteiger partial charge in [-0.15, -0.1) is 5.10 Å². The SMILES string of the molecule is CCn1nccc1C(O)c1snnc1C(C)C. The lowest BCUT2D eigenvalue weighted by molar-refractivity contribution is 0.210. The number of aliphatic hydroxyl groups is 1. The predicted molar refractivity (Wildman–Crippen MR) is 66.0 cm³/mol. The van der Waals surface area contributed by atoms with Crippen molar-refractivity contribution in [1.29, 1.82) is 0 Å². The van der Waals surface area contributed by atoms with Gasteiger partial charge in [0.1, 0.15) is 6.10 Å². The zero-order valence-electron chi connectivity index (χ0n) is 10.2. The molecule has 2 heterocycles. The molecule has 6 heteroatoms. The van der Waals surface area contributed by atoms with Gasteiger partial charge < -0.3 is 5.11 Å². The summed E-state index contributed by atoms with van der Waals surface area (Å²) in [6.07, 6.45) is 1.01. The maximum absolute atomic E-state index is 10.4. The molecule has 0 fully saturated rings. The van der Waals surface area contributed by atoms with Crippen molar-refractivity contribution < 1.29 is 5.11 Å². The van der Waals surface area contributed by atoms with E-state index in [1.807, 2.05) is 26.8 Å². The number of aliphatic hydroxyl groups excluding tert-OH is 1. The average Bonchev–Trinajstić information content (AvgIpc) is 2.96. The number of hydrogen-bond acceptors (Lipinski definition) is 5. The minimum atomic E-state index is -0.685. The summed E-state index contributed by atoms with van der Waals surface area (Å²) < 4.78 is 5.72. The van der Waals surface area contributed by atoms with Gasteiger partial charge in [0.15, 0.2) is 0 Å². The first kappa shape index (κ1) is 12.2. The molecule has 1 unspecified atom stereocenters. The van der Waals surface area contributed by atoms with Crippen molar-refractivity contribution in [2.45, 2.75) is 39.3 Å². The monoisotopic (exact) mass is 252 g/mol. The topological polar surface area (TPSA) is 63.8 Å². The second-order valence-corrected chi connectivity index (χ2v) is 4.94. The third-order valence-electron chi connectivity index (χ3n) is 2.66. The Morgan fingerprint density at radius 3 is 2.88 bits per heavy atom. The fourth-order valence-corrected chi connectivity index (χ4v) is 2.58. The molecule has 0 spiro atoms. The molecular formula is C11H16N4OS. The van der Waals surface area contributed by atoms with Crippen molar-refractivity contribution in [3.8, 4) is 0 Å². The Bertz CT molecular complexity index is 491. The predicted octanol–water partition coefficient (Wildman–Crippen LogP) is 1.96. The van der Waals surface area contributed by atoms with E-state index in [2.05, 4.69) is 14.7 Å². The largest absolute Gasteiger partial charge is 0.381 e. The van der Waals surface area contributed by atoms with E-state index >= 15 is 0 Å². The van der Waals surface area contributed by atoms with Gasteiger partial charge in [-0.05, 0) is 30.4 Å². The van der Waals surface area contributed by atoms with Crippen molar-refractivity contribution in [3.05, 3.63) is 28.5 Å². The highest BCUT2D eigenvalue weighted by atomic mass is 32.1. The molecule has 0 saturated carbocycles. The molecule has 0 aliphatic heterocycles. The molecule has 17 heavy (non-hydrogen) atoms. The molecule has 1 N–H and O–H groups in total. The van der Waals surface area contributed by atoms with Crippen LogP contribution in [0, 0.1) is 0 Å². The van der Waals surface area contributed by atoms with Crippen LogP contribution in [0.25, 0.3) is 0 Å². The van der Waals surface area contributed by atoms with Crippen molar-refractivity contribution in [2.24, 2.45) is 0 Å². The van der Waals surface area contributed by atoms with Crippen LogP contribution < -0.4 is 0 Å². The summed E-state index contributed by atoms with van der Waals surface area (Å²) >= 11 is 1.25. The Balaban J connectivity index is 2.37. The van der Waals surface area contributed by atoms with Crippen molar-refractivity contribution >= 4 is 11.5 Å². The first-order chi connectivity index (χ1) is 8.15. The summed E-state index contributed by atoms with van der Waals surface area (Å²) in [7, 11) is 0. The van der Waals surface area contributed by atoms with E-state index in [4.69, 9.17) is 0 Å². The maximum atomic E-state index is 10.4. The lowest BCUT2D eigenvalue weighted by atomic mass is 10.1. The summed E-state index contributed by atoms with van der Waals surface area (Å²) in [5.74, 6) is 0.261. The maximum Gasteiger partial charge on any atom is 0.133 e. The number of hydrogen-bond donors (Lipinski definition) is 1. The molecule has 0 saturated heterocycles. The number of aryl methyl sites for hydroxylation is 1. The van der Waals surface area contributed by atoms with Crippen molar-refractivity contribution in [3.63, 3.8) is 0 Å². The van der Waals surface area contributed by atoms with Gasteiger partial charge in [0.05, 0.1) is 16.3 Å². The molecule has 0 aliphatic carbocycles. The van der Waals surface area contributed by atoms with Crippen LogP contribution in [0.4, 0.5) is 0 Å². The van der Waals surface area contributed by atoms with E-state index in [1.165, 1.54) is 11.5 Å². The van der Waals surface area contributed by atoms with Crippen LogP contribution in [0.1, 0.15) is 49.1 Å². The molecule has 0 radical (unpaired) electrons. The van der Waals surface area contributed by atoms with Gasteiger partial charge in [-0.3, -0.25) is 4.68 Å². The van der Waals surface area contributed by atoms with E-state index in [9.17, 15) is 5.11 Å². The third-order valence-corrected chi connectivity index (χ3v) is 3.46. The molecule has 0 aliphatic rings. The Kier molecular flexibility index (Phi) is 3.54. The molecule has 1 atom stereocenters. The first-order valence-electron chi connectivity index (χ1n) is 5.67. The minimum Gasteiger partial charge on any atom is -0.381 e. The van der Waals surface area contributed by atoms with Gasteiger partial charge in [-0.1, -0.05) is 18.3 Å². The summed E-state index contributed by atoms with van der Waals surface area (Å²) in [4.78, 5) is 0.815. The molecular weight excluding hydrogens is 236 g/mol. The summed E-state index contributed by atoms with van der Waals surface area (Å²) in [5.41, 5.74) is 1.66. The van der Waals surface area contributed by atoms with Crippen molar-refractivity contribution in [2.75, 3.05) is 0 Å². The molecule has 5 nitrogen and oxygen atoms in total. The normalized spacial score (nSPS) is 13.2. The zero-order chi connectivity index (χ0) is 12.4. The zero-order valence-corrected chi connectivity index (χ0v) is 11.0. The fourth-order valence-electron chi connectivity index (χ4n) is 1.77. The van der Waals surface area contributed by atoms with E-state index in [-0.39, 0.29) is 5.92 Å². The smallest absolute Gasteiger partial charge is 0.133 e. The van der Waals surface area contributed by atoms with E-state index in [1.54, 1.807) is 10.9 Å². The Morgan fingerprint density at radius 1 is 1.47 bits per heavy atom. The lowest BCUT2D eigenvalue weighted by Gasteiger charge is -2.12. The third kappa shape index (κ3) is 2.23. The van der Waals surface area contributed by atoms with Gasteiger partial charge in [0.25, 0.3) is 0 Å². The fraction of sp³-hybridized carbons (Fsp3) is 0.545. The Labute approximate surface area is 104 Å². The van der Waals surface area contributed by atoms with Gasteiger partial charge in [-0.2, -0.15) is 5.10 Å². The molecule has 92 valence electrons. The average molecular weight is 252 g/mol. The summed E-state index contributed by atoms with van der Waals surface area (Å²) in [6, 6.07) is 1.83. The number of nitrogens with zero attached hydrogens (tertiary/aromatic N) is 4. The quantitative estimate of drug-likeness (QED) is 0.903. The molecule has 0 aromatic carbocycles. The highest BCUT2D eigenvalue weighted by molar-refractivity contribution is 7.05. The molecule has 2 aromatic rings. The van der Waals surface area contributed by atoms with Crippen LogP contribution in [-0.2, 0) is 6.54 Å². The van der Waals surface area contributed by atoms with Crippen LogP contribution in [0.5, 0.6) is 0 Å². The molecule has 0 bridgehead atoms. The van der Waals surface area contributed by atoms with Crippen LogP contribution in [0.2, 0.25) is 0 Å². The second-order valence-electron chi connectivity index (χ2n) is 4.15. The lowest BCUT2D eigenvalue weighted by Crippen LogP contribution is -2.10. The van der Waals surface area contributed by atoms with Crippen LogP contribution in [0.3, 0.4) is 0 Å². The summed E-state index contributed by atoms with van der Waals surface area (Å²) in [6.45, 7) is 6.83. The van der Waals surface area contributed by atoms with Gasteiger partial charge in [0.2, 0.25) is 0 Å². The van der Waals surface area contributed by atoms with Gasteiger partial charge >= 0.3 is 0 Å². The van der Waals surface area contributed by atoms with Crippen LogP contribution in [0.15, 0.2) is 12.3 Å². The van der Waals surface area contributed by atoms with E-state index < -0.39 is 6.10 Å². The highest BCUT2D eigenvalue weighted by Crippen LogP contribution is 2.30.